The van der Waals surface area contributed by atoms with E-state index in [4.69, 9.17) is 28.6 Å². The Morgan fingerprint density at radius 1 is 1.39 bits per heavy atom. The highest BCUT2D eigenvalue weighted by Crippen LogP contribution is 2.45. The molecule has 0 saturated carbocycles. The van der Waals surface area contributed by atoms with Crippen LogP contribution in [0.15, 0.2) is 58.5 Å². The molecular weight excluding hydrogens is 520 g/mol. The Kier molecular flexibility index (Phi) is 6.88. The third-order valence-corrected chi connectivity index (χ3v) is 7.15. The summed E-state index contributed by atoms with van der Waals surface area (Å²) in [7, 11) is 1.46. The van der Waals surface area contributed by atoms with Crippen molar-refractivity contribution < 1.29 is 9.53 Å². The highest BCUT2D eigenvalue weighted by Gasteiger charge is 2.41. The highest BCUT2D eigenvalue weighted by molar-refractivity contribution is 9.10. The number of pyridine rings is 1. The Labute approximate surface area is 202 Å². The van der Waals surface area contributed by atoms with Crippen molar-refractivity contribution in [3.63, 3.8) is 0 Å². The fourth-order valence-corrected chi connectivity index (χ4v) is 5.62. The quantitative estimate of drug-likeness (QED) is 0.415. The minimum absolute atomic E-state index is 0.0424. The molecule has 10 heteroatoms. The first-order valence-electron chi connectivity index (χ1n) is 9.31. The van der Waals surface area contributed by atoms with Crippen LogP contribution in [0, 0.1) is 0 Å². The molecule has 1 aromatic carbocycles. The third kappa shape index (κ3) is 4.75. The number of ether oxygens (including phenoxy) is 1. The van der Waals surface area contributed by atoms with Gasteiger partial charge in [-0.05, 0) is 64.5 Å². The van der Waals surface area contributed by atoms with Crippen molar-refractivity contribution in [2.45, 2.75) is 12.1 Å². The Bertz CT molecular complexity index is 1110. The van der Waals surface area contributed by atoms with E-state index in [0.29, 0.717) is 15.8 Å². The number of carbonyl (C=O) groups is 1. The Hall–Kier alpha value is -2.04. The molecule has 1 saturated heterocycles. The molecule has 1 amide bonds. The first kappa shape index (κ1) is 22.2. The van der Waals surface area contributed by atoms with E-state index >= 15 is 0 Å². The average molecular weight is 538 g/mol. The number of amides is 1. The van der Waals surface area contributed by atoms with E-state index < -0.39 is 0 Å². The van der Waals surface area contributed by atoms with Gasteiger partial charge in [0.25, 0.3) is 0 Å². The summed E-state index contributed by atoms with van der Waals surface area (Å²) in [5, 5.41) is 9.20. The summed E-state index contributed by atoms with van der Waals surface area (Å²) in [5.41, 5.74) is 2.24. The molecule has 1 fully saturated rings. The summed E-state index contributed by atoms with van der Waals surface area (Å²) in [5.74, 6) is -0.271. The van der Waals surface area contributed by atoms with Gasteiger partial charge >= 0.3 is 0 Å². The number of carbonyl (C=O) groups excluding carboxylic acids is 1. The fraction of sp³-hybridized carbons (Fsp3) is 0.190. The van der Waals surface area contributed by atoms with Gasteiger partial charge in [-0.3, -0.25) is 9.78 Å². The number of hydrogen-bond acceptors (Lipinski definition) is 5. The molecule has 2 unspecified atom stereocenters. The summed E-state index contributed by atoms with van der Waals surface area (Å²) in [6.45, 7) is -0.0424. The van der Waals surface area contributed by atoms with E-state index in [-0.39, 0.29) is 24.6 Å². The van der Waals surface area contributed by atoms with Crippen LogP contribution in [0.1, 0.15) is 22.7 Å². The molecular formula is C21H18BrClN4O2S2. The molecule has 0 radical (unpaired) electrons. The van der Waals surface area contributed by atoms with Gasteiger partial charge in [0, 0.05) is 33.7 Å². The topological polar surface area (TPSA) is 66.5 Å². The first-order chi connectivity index (χ1) is 15.0. The summed E-state index contributed by atoms with van der Waals surface area (Å²) in [4.78, 5) is 19.6. The van der Waals surface area contributed by atoms with Gasteiger partial charge in [-0.1, -0.05) is 17.7 Å². The lowest BCUT2D eigenvalue weighted by Gasteiger charge is -2.27. The van der Waals surface area contributed by atoms with Gasteiger partial charge in [-0.15, -0.1) is 11.3 Å². The third-order valence-electron chi connectivity index (χ3n) is 4.76. The molecule has 3 aromatic rings. The number of anilines is 2. The minimum atomic E-state index is -0.271. The molecule has 0 spiro atoms. The van der Waals surface area contributed by atoms with Crippen molar-refractivity contribution in [1.29, 1.82) is 0 Å². The monoisotopic (exact) mass is 536 g/mol. The molecule has 4 rings (SSSR count). The summed E-state index contributed by atoms with van der Waals surface area (Å²) < 4.78 is 5.87. The van der Waals surface area contributed by atoms with Crippen LogP contribution in [0.5, 0.6) is 0 Å². The van der Waals surface area contributed by atoms with Gasteiger partial charge in [0.05, 0.1) is 28.5 Å². The predicted molar refractivity (Wildman–Crippen MR) is 132 cm³/mol. The predicted octanol–water partition coefficient (Wildman–Crippen LogP) is 5.32. The number of thiophene rings is 1. The van der Waals surface area contributed by atoms with Crippen LogP contribution in [0.25, 0.3) is 0 Å². The maximum atomic E-state index is 11.9. The van der Waals surface area contributed by atoms with Gasteiger partial charge in [0.2, 0.25) is 5.91 Å². The number of nitrogens with zero attached hydrogens (tertiary/aromatic N) is 2. The molecule has 0 bridgehead atoms. The zero-order valence-corrected chi connectivity index (χ0v) is 20.3. The van der Waals surface area contributed by atoms with Crippen molar-refractivity contribution in [2.75, 3.05) is 23.9 Å². The van der Waals surface area contributed by atoms with Crippen LogP contribution in [0.4, 0.5) is 11.4 Å². The molecule has 6 nitrogen and oxygen atoms in total. The number of benzene rings is 1. The minimum Gasteiger partial charge on any atom is -0.375 e. The van der Waals surface area contributed by atoms with Gasteiger partial charge in [-0.25, -0.2) is 0 Å². The van der Waals surface area contributed by atoms with Gasteiger partial charge in [0.15, 0.2) is 5.11 Å². The van der Waals surface area contributed by atoms with E-state index in [2.05, 4.69) is 37.6 Å². The molecule has 2 aromatic heterocycles. The second kappa shape index (κ2) is 9.62. The van der Waals surface area contributed by atoms with Crippen molar-refractivity contribution in [2.24, 2.45) is 0 Å². The normalized spacial score (nSPS) is 18.2. The van der Waals surface area contributed by atoms with Crippen LogP contribution in [0.3, 0.4) is 0 Å². The number of nitrogens with one attached hydrogen (secondary N) is 2. The molecule has 0 aliphatic carbocycles. The average Bonchev–Trinajstić information content (AvgIpc) is 3.33. The number of hydrogen-bond donors (Lipinski definition) is 2. The highest BCUT2D eigenvalue weighted by atomic mass is 79.9. The second-order valence-electron chi connectivity index (χ2n) is 6.81. The fourth-order valence-electron chi connectivity index (χ4n) is 3.48. The van der Waals surface area contributed by atoms with E-state index in [1.165, 1.54) is 7.11 Å². The molecule has 31 heavy (non-hydrogen) atoms. The van der Waals surface area contributed by atoms with Crippen LogP contribution in [-0.4, -0.2) is 29.7 Å². The van der Waals surface area contributed by atoms with Crippen molar-refractivity contribution >= 4 is 73.5 Å². The SMILES string of the molecule is COCC(=O)Nc1ccc(N2C(=S)NC(c3ccccn3)C2c2cc(Br)cs2)cc1Cl. The number of aromatic nitrogens is 1. The molecule has 3 heterocycles. The van der Waals surface area contributed by atoms with E-state index in [9.17, 15) is 4.79 Å². The number of halogens is 2. The number of rotatable bonds is 6. The summed E-state index contributed by atoms with van der Waals surface area (Å²) in [6.07, 6.45) is 1.78. The molecule has 1 aliphatic rings. The smallest absolute Gasteiger partial charge is 0.250 e. The number of methoxy groups -OCH3 is 1. The van der Waals surface area contributed by atoms with Gasteiger partial charge < -0.3 is 20.3 Å². The van der Waals surface area contributed by atoms with Crippen LogP contribution < -0.4 is 15.5 Å². The van der Waals surface area contributed by atoms with Crippen molar-refractivity contribution in [1.82, 2.24) is 10.3 Å². The van der Waals surface area contributed by atoms with E-state index in [1.54, 1.807) is 29.7 Å². The molecule has 160 valence electrons. The lowest BCUT2D eigenvalue weighted by atomic mass is 10.0. The van der Waals surface area contributed by atoms with Crippen LogP contribution in [0.2, 0.25) is 5.02 Å². The summed E-state index contributed by atoms with van der Waals surface area (Å²) >= 11 is 17.4. The van der Waals surface area contributed by atoms with E-state index in [0.717, 1.165) is 20.7 Å². The van der Waals surface area contributed by atoms with Crippen LogP contribution in [-0.2, 0) is 9.53 Å². The number of thiocarbonyl (C=S) groups is 1. The Balaban J connectivity index is 1.71. The maximum absolute atomic E-state index is 11.9. The molecule has 2 N–H and O–H groups in total. The molecule has 2 atom stereocenters. The van der Waals surface area contributed by atoms with Gasteiger partial charge in [0.1, 0.15) is 6.61 Å². The summed E-state index contributed by atoms with van der Waals surface area (Å²) in [6, 6.07) is 13.2. The van der Waals surface area contributed by atoms with Crippen molar-refractivity contribution in [3.05, 3.63) is 74.1 Å². The van der Waals surface area contributed by atoms with Gasteiger partial charge in [-0.2, -0.15) is 0 Å². The Morgan fingerprint density at radius 2 is 2.23 bits per heavy atom. The molecule has 1 aliphatic heterocycles. The maximum Gasteiger partial charge on any atom is 0.250 e. The van der Waals surface area contributed by atoms with E-state index in [1.807, 2.05) is 34.5 Å². The first-order valence-corrected chi connectivity index (χ1v) is 11.8. The second-order valence-corrected chi connectivity index (χ2v) is 9.46. The lowest BCUT2D eigenvalue weighted by molar-refractivity contribution is -0.119. The largest absolute Gasteiger partial charge is 0.375 e. The van der Waals surface area contributed by atoms with Crippen molar-refractivity contribution in [3.8, 4) is 0 Å². The standard InChI is InChI=1S/C21H18BrClN4O2S2/c1-29-10-18(28)25-15-6-5-13(9-14(15)23)27-20(17-8-12(22)11-31-17)19(26-21(27)30)16-4-2-3-7-24-16/h2-9,11,19-20H,10H2,1H3,(H,25,28)(H,26,30). The Morgan fingerprint density at radius 3 is 2.87 bits per heavy atom. The van der Waals surface area contributed by atoms with Crippen LogP contribution >= 0.6 is 51.1 Å². The zero-order chi connectivity index (χ0) is 22.0. The lowest BCUT2D eigenvalue weighted by Crippen LogP contribution is -2.29. The zero-order valence-electron chi connectivity index (χ0n) is 16.3.